The fourth-order valence-corrected chi connectivity index (χ4v) is 6.24. The zero-order chi connectivity index (χ0) is 29.1. The number of halogens is 2. The molecule has 0 saturated heterocycles. The first kappa shape index (κ1) is 25.7. The molecular weight excluding hydrogens is 573 g/mol. The van der Waals surface area contributed by atoms with Crippen LogP contribution in [0, 0.1) is 0 Å². The summed E-state index contributed by atoms with van der Waals surface area (Å²) in [5, 5.41) is 3.36. The maximum Gasteiger partial charge on any atom is 0.328 e. The molecule has 7 heteroatoms. The van der Waals surface area contributed by atoms with Gasteiger partial charge in [-0.15, -0.1) is 0 Å². The zero-order valence-electron chi connectivity index (χ0n) is 23.1. The summed E-state index contributed by atoms with van der Waals surface area (Å²) in [5.41, 5.74) is 8.23. The Labute approximate surface area is 257 Å². The van der Waals surface area contributed by atoms with E-state index in [-0.39, 0.29) is 0 Å². The summed E-state index contributed by atoms with van der Waals surface area (Å²) in [6.07, 6.45) is 4.29. The van der Waals surface area contributed by atoms with Gasteiger partial charge in [-0.2, -0.15) is 4.57 Å². The molecule has 8 aromatic rings. The highest BCUT2D eigenvalue weighted by Crippen LogP contribution is 2.31. The smallest absolute Gasteiger partial charge is 0.328 e. The van der Waals surface area contributed by atoms with Crippen molar-refractivity contribution in [3.8, 4) is 11.4 Å². The van der Waals surface area contributed by atoms with Crippen molar-refractivity contribution >= 4 is 79.5 Å². The van der Waals surface area contributed by atoms with E-state index in [4.69, 9.17) is 33.2 Å². The monoisotopic (exact) mass is 596 g/mol. The summed E-state index contributed by atoms with van der Waals surface area (Å²) in [7, 11) is 2.12. The van der Waals surface area contributed by atoms with Crippen LogP contribution in [-0.2, 0) is 7.05 Å². The highest BCUT2D eigenvalue weighted by molar-refractivity contribution is 6.42. The van der Waals surface area contributed by atoms with E-state index in [0.717, 1.165) is 22.8 Å². The average Bonchev–Trinajstić information content (AvgIpc) is 3.51. The van der Waals surface area contributed by atoms with Gasteiger partial charge >= 0.3 is 5.65 Å². The topological polar surface area (TPSA) is 39.5 Å². The third-order valence-corrected chi connectivity index (χ3v) is 8.67. The summed E-state index contributed by atoms with van der Waals surface area (Å²) >= 11 is 12.8. The van der Waals surface area contributed by atoms with Crippen molar-refractivity contribution in [1.29, 1.82) is 0 Å². The van der Waals surface area contributed by atoms with Crippen LogP contribution in [0.15, 0.2) is 115 Å². The Hall–Kier alpha value is -4.97. The molecule has 8 rings (SSSR count). The van der Waals surface area contributed by atoms with Gasteiger partial charge in [0.05, 0.1) is 10.0 Å². The van der Waals surface area contributed by atoms with Crippen molar-refractivity contribution in [2.45, 2.75) is 0 Å². The van der Waals surface area contributed by atoms with Crippen molar-refractivity contribution in [3.63, 3.8) is 0 Å². The average molecular weight is 598 g/mol. The lowest BCUT2D eigenvalue weighted by Gasteiger charge is -2.04. The van der Waals surface area contributed by atoms with Crippen LogP contribution < -0.4 is 4.57 Å². The lowest BCUT2D eigenvalue weighted by Crippen LogP contribution is -2.34. The highest BCUT2D eigenvalue weighted by Gasteiger charge is 2.28. The number of aryl methyl sites for hydroxylation is 1. The lowest BCUT2D eigenvalue weighted by molar-refractivity contribution is -0.572. The Morgan fingerprint density at radius 2 is 1.30 bits per heavy atom. The zero-order valence-corrected chi connectivity index (χ0v) is 24.6. The fraction of sp³-hybridized carbons (Fsp3) is 0.0278. The number of nitrogens with zero attached hydrogens (tertiary/aromatic N) is 5. The Bertz CT molecular complexity index is 2270. The predicted molar refractivity (Wildman–Crippen MR) is 177 cm³/mol. The molecular formula is C36H24Cl2N5+. The number of fused-ring (bicyclic) bond motifs is 5. The molecule has 0 bridgehead atoms. The van der Waals surface area contributed by atoms with Crippen LogP contribution in [0.4, 0.5) is 0 Å². The number of hydrogen-bond donors (Lipinski definition) is 0. The molecule has 3 heterocycles. The van der Waals surface area contributed by atoms with Gasteiger partial charge in [-0.25, -0.2) is 9.55 Å². The van der Waals surface area contributed by atoms with E-state index in [0.29, 0.717) is 32.4 Å². The SMILES string of the molecule is Cn1c2ccccc2c2cc(C=Cc3n(-c4ccccc4)c4nc5cc(Cl)c(Cl)cc5nc4[n+]3-c3ccccc3)ccc21. The first-order chi connectivity index (χ1) is 21.1. The Morgan fingerprint density at radius 3 is 2.07 bits per heavy atom. The maximum atomic E-state index is 6.40. The van der Waals surface area contributed by atoms with Crippen LogP contribution >= 0.6 is 23.2 Å². The largest absolute Gasteiger partial charge is 0.344 e. The van der Waals surface area contributed by atoms with Gasteiger partial charge in [-0.05, 0) is 60.2 Å². The summed E-state index contributed by atoms with van der Waals surface area (Å²) < 4.78 is 6.53. The quantitative estimate of drug-likeness (QED) is 0.190. The molecule has 43 heavy (non-hydrogen) atoms. The van der Waals surface area contributed by atoms with Gasteiger partial charge in [0.25, 0.3) is 5.65 Å². The highest BCUT2D eigenvalue weighted by atomic mass is 35.5. The second-order valence-electron chi connectivity index (χ2n) is 10.5. The van der Waals surface area contributed by atoms with E-state index in [1.807, 2.05) is 36.4 Å². The fourth-order valence-electron chi connectivity index (χ4n) is 5.92. The molecule has 0 unspecified atom stereocenters. The van der Waals surface area contributed by atoms with Crippen molar-refractivity contribution in [2.24, 2.45) is 7.05 Å². The molecule has 5 nitrogen and oxygen atoms in total. The predicted octanol–water partition coefficient (Wildman–Crippen LogP) is 8.97. The minimum Gasteiger partial charge on any atom is -0.344 e. The third-order valence-electron chi connectivity index (χ3n) is 7.94. The van der Waals surface area contributed by atoms with E-state index in [2.05, 4.69) is 99.6 Å². The van der Waals surface area contributed by atoms with Crippen molar-refractivity contribution < 1.29 is 4.57 Å². The van der Waals surface area contributed by atoms with Crippen LogP contribution in [0.25, 0.3) is 67.7 Å². The number of aromatic nitrogens is 5. The second kappa shape index (κ2) is 10.1. The molecule has 0 radical (unpaired) electrons. The molecule has 0 aliphatic heterocycles. The van der Waals surface area contributed by atoms with Crippen LogP contribution in [0.2, 0.25) is 10.0 Å². The van der Waals surface area contributed by atoms with Gasteiger partial charge < -0.3 is 4.57 Å². The van der Waals surface area contributed by atoms with E-state index in [1.54, 1.807) is 12.1 Å². The molecule has 0 aliphatic rings. The number of benzene rings is 5. The first-order valence-corrected chi connectivity index (χ1v) is 14.7. The molecule has 0 saturated carbocycles. The summed E-state index contributed by atoms with van der Waals surface area (Å²) in [6, 6.07) is 39.1. The first-order valence-electron chi connectivity index (χ1n) is 14.0. The van der Waals surface area contributed by atoms with Crippen LogP contribution in [0.3, 0.4) is 0 Å². The molecule has 5 aromatic carbocycles. The van der Waals surface area contributed by atoms with Gasteiger partial charge in [0, 0.05) is 41.0 Å². The Morgan fingerprint density at radius 1 is 0.651 bits per heavy atom. The van der Waals surface area contributed by atoms with Gasteiger partial charge in [0.15, 0.2) is 5.52 Å². The second-order valence-corrected chi connectivity index (χ2v) is 11.3. The number of hydrogen-bond acceptors (Lipinski definition) is 2. The third kappa shape index (κ3) is 4.20. The lowest BCUT2D eigenvalue weighted by atomic mass is 10.1. The standard InChI is InChI=1S/C36H24Cl2N5/c1-41-32-15-9-8-14-26(32)27-20-23(16-18-33(27)41)17-19-34-42(24-10-4-2-5-11-24)35-36(43(34)25-12-6-3-7-13-25)40-31-22-29(38)28(37)21-30(31)39-35/h2-22H,1H3/q+1. The molecule has 0 aliphatic carbocycles. The Kier molecular flexibility index (Phi) is 6.03. The van der Waals surface area contributed by atoms with E-state index in [1.165, 1.54) is 21.8 Å². The van der Waals surface area contributed by atoms with Crippen LogP contribution in [0.1, 0.15) is 11.4 Å². The normalized spacial score (nSPS) is 12.0. The minimum atomic E-state index is 0.445. The van der Waals surface area contributed by atoms with E-state index in [9.17, 15) is 0 Å². The van der Waals surface area contributed by atoms with E-state index < -0.39 is 0 Å². The van der Waals surface area contributed by atoms with E-state index >= 15 is 0 Å². The van der Waals surface area contributed by atoms with Crippen molar-refractivity contribution in [1.82, 2.24) is 19.1 Å². The summed E-state index contributed by atoms with van der Waals surface area (Å²) in [5.74, 6) is 0.901. The molecule has 0 atom stereocenters. The van der Waals surface area contributed by atoms with Gasteiger partial charge in [-0.1, -0.05) is 88.8 Å². The van der Waals surface area contributed by atoms with Crippen LogP contribution in [0.5, 0.6) is 0 Å². The molecule has 3 aromatic heterocycles. The molecule has 0 N–H and O–H groups in total. The van der Waals surface area contributed by atoms with Gasteiger partial charge in [-0.3, -0.25) is 0 Å². The molecule has 0 fully saturated rings. The van der Waals surface area contributed by atoms with Gasteiger partial charge in [0.1, 0.15) is 16.9 Å². The van der Waals surface area contributed by atoms with Crippen molar-refractivity contribution in [2.75, 3.05) is 0 Å². The Balaban J connectivity index is 1.42. The molecule has 0 amide bonds. The van der Waals surface area contributed by atoms with Crippen molar-refractivity contribution in [3.05, 3.63) is 137 Å². The minimum absolute atomic E-state index is 0.445. The summed E-state index contributed by atoms with van der Waals surface area (Å²) in [6.45, 7) is 0. The maximum absolute atomic E-state index is 6.40. The van der Waals surface area contributed by atoms with Gasteiger partial charge in [0.2, 0.25) is 5.82 Å². The number of rotatable bonds is 4. The molecule has 0 spiro atoms. The number of para-hydroxylation sites is 3. The molecule has 206 valence electrons. The number of imidazole rings is 1. The van der Waals surface area contributed by atoms with Crippen LogP contribution in [-0.4, -0.2) is 19.1 Å². The summed E-state index contributed by atoms with van der Waals surface area (Å²) in [4.78, 5) is 10.2.